The van der Waals surface area contributed by atoms with Crippen molar-refractivity contribution in [3.63, 3.8) is 0 Å². The number of hydrogen-bond donors (Lipinski definition) is 3. The van der Waals surface area contributed by atoms with Crippen LogP contribution in [0.15, 0.2) is 66.7 Å². The predicted molar refractivity (Wildman–Crippen MR) is 137 cm³/mol. The zero-order valence-electron chi connectivity index (χ0n) is 20.1. The minimum atomic E-state index is -2.78. The molecule has 4 heterocycles. The molecule has 0 radical (unpaired) electrons. The summed E-state index contributed by atoms with van der Waals surface area (Å²) in [4.78, 5) is 16.9. The summed E-state index contributed by atoms with van der Waals surface area (Å²) in [6.45, 7) is 2.04. The summed E-state index contributed by atoms with van der Waals surface area (Å²) < 4.78 is 31.6. The highest BCUT2D eigenvalue weighted by Crippen LogP contribution is 2.35. The fourth-order valence-electron chi connectivity index (χ4n) is 5.04. The predicted octanol–water partition coefficient (Wildman–Crippen LogP) is 4.36. The van der Waals surface area contributed by atoms with Gasteiger partial charge in [-0.25, -0.2) is 13.3 Å². The molecule has 0 aliphatic carbocycles. The average Bonchev–Trinajstić information content (AvgIpc) is 3.56. The number of nitrogens with zero attached hydrogens (tertiary/aromatic N) is 4. The zero-order chi connectivity index (χ0) is 25.7. The standard InChI is InChI=1S/C27H25F2N7O/c1-16-12-19-18(24(30)37)8-5-9-21(19)35(16)26-33-25(31-14-17-6-3-2-4-7-17)23-11-10-22(36(23)34-26)20-13-27(28,29)15-32-20/h2-12,20,32H,13-15H2,1H3,(H2,30,37)(H,31,33,34). The molecular formula is C27H25F2N7O. The van der Waals surface area contributed by atoms with Gasteiger partial charge in [0.05, 0.1) is 23.8 Å². The Labute approximate surface area is 211 Å². The molecule has 8 nitrogen and oxygen atoms in total. The average molecular weight is 502 g/mol. The first-order chi connectivity index (χ1) is 17.8. The minimum Gasteiger partial charge on any atom is -0.366 e. The number of nitrogens with two attached hydrogens (primary N) is 1. The van der Waals surface area contributed by atoms with Gasteiger partial charge in [-0.2, -0.15) is 4.98 Å². The van der Waals surface area contributed by atoms with Gasteiger partial charge in [-0.3, -0.25) is 9.36 Å². The van der Waals surface area contributed by atoms with E-state index in [1.54, 1.807) is 16.6 Å². The van der Waals surface area contributed by atoms with Crippen molar-refractivity contribution in [3.8, 4) is 5.95 Å². The molecule has 1 fully saturated rings. The number of nitrogens with one attached hydrogen (secondary N) is 2. The van der Waals surface area contributed by atoms with Gasteiger partial charge in [0.15, 0.2) is 5.82 Å². The van der Waals surface area contributed by atoms with Crippen molar-refractivity contribution in [2.45, 2.75) is 31.9 Å². The maximum Gasteiger partial charge on any atom is 0.262 e. The summed E-state index contributed by atoms with van der Waals surface area (Å²) in [6.07, 6.45) is -0.307. The summed E-state index contributed by atoms with van der Waals surface area (Å²) in [5.41, 5.74) is 9.91. The lowest BCUT2D eigenvalue weighted by Crippen LogP contribution is -2.20. The van der Waals surface area contributed by atoms with Gasteiger partial charge in [0.25, 0.3) is 11.9 Å². The minimum absolute atomic E-state index is 0.307. The Balaban J connectivity index is 1.52. The second-order valence-corrected chi connectivity index (χ2v) is 9.37. The monoisotopic (exact) mass is 501 g/mol. The topological polar surface area (TPSA) is 102 Å². The molecule has 1 aliphatic heterocycles. The fraction of sp³-hybridized carbons (Fsp3) is 0.222. The lowest BCUT2D eigenvalue weighted by Gasteiger charge is -2.15. The van der Waals surface area contributed by atoms with Gasteiger partial charge in [0, 0.05) is 29.6 Å². The number of carbonyl (C=O) groups excluding carboxylic acids is 1. The SMILES string of the molecule is Cc1cc2c(C(N)=O)cccc2n1-c1nc(NCc2ccccc2)c2ccc(C3CC(F)(F)CN3)n2n1. The number of carbonyl (C=O) groups is 1. The van der Waals surface area contributed by atoms with Crippen LogP contribution in [0.1, 0.15) is 39.8 Å². The van der Waals surface area contributed by atoms with Crippen LogP contribution in [-0.2, 0) is 6.54 Å². The summed E-state index contributed by atoms with van der Waals surface area (Å²) in [6, 6.07) is 20.2. The Bertz CT molecular complexity index is 1640. The van der Waals surface area contributed by atoms with Crippen LogP contribution in [-0.4, -0.2) is 37.5 Å². The fourth-order valence-corrected chi connectivity index (χ4v) is 5.04. The zero-order valence-corrected chi connectivity index (χ0v) is 20.1. The van der Waals surface area contributed by atoms with Crippen molar-refractivity contribution in [1.82, 2.24) is 24.5 Å². The van der Waals surface area contributed by atoms with E-state index in [-0.39, 0.29) is 13.0 Å². The molecule has 1 atom stereocenters. The first kappa shape index (κ1) is 23.1. The molecule has 10 heteroatoms. The van der Waals surface area contributed by atoms with Crippen LogP contribution >= 0.6 is 0 Å². The van der Waals surface area contributed by atoms with E-state index >= 15 is 0 Å². The van der Waals surface area contributed by atoms with Crippen LogP contribution in [0.4, 0.5) is 14.6 Å². The van der Waals surface area contributed by atoms with Gasteiger partial charge in [0.1, 0.15) is 5.52 Å². The summed E-state index contributed by atoms with van der Waals surface area (Å²) in [7, 11) is 0. The van der Waals surface area contributed by atoms with Crippen molar-refractivity contribution in [2.75, 3.05) is 11.9 Å². The summed E-state index contributed by atoms with van der Waals surface area (Å²) >= 11 is 0. The normalized spacial score (nSPS) is 17.0. The van der Waals surface area contributed by atoms with E-state index in [1.807, 2.05) is 66.1 Å². The third-order valence-electron chi connectivity index (χ3n) is 6.79. The number of fused-ring (bicyclic) bond motifs is 2. The number of aromatic nitrogens is 4. The van der Waals surface area contributed by atoms with Crippen molar-refractivity contribution in [1.29, 1.82) is 0 Å². The lowest BCUT2D eigenvalue weighted by atomic mass is 10.1. The van der Waals surface area contributed by atoms with E-state index in [2.05, 4.69) is 10.6 Å². The molecule has 4 N–H and O–H groups in total. The van der Waals surface area contributed by atoms with Crippen LogP contribution < -0.4 is 16.4 Å². The maximum absolute atomic E-state index is 14.0. The molecule has 1 unspecified atom stereocenters. The number of amides is 1. The molecule has 1 saturated heterocycles. The van der Waals surface area contributed by atoms with Crippen molar-refractivity contribution < 1.29 is 13.6 Å². The Hall–Kier alpha value is -4.31. The van der Waals surface area contributed by atoms with Gasteiger partial charge in [0.2, 0.25) is 5.91 Å². The van der Waals surface area contributed by atoms with E-state index in [9.17, 15) is 13.6 Å². The molecule has 0 spiro atoms. The highest BCUT2D eigenvalue weighted by Gasteiger charge is 2.41. The molecule has 188 valence electrons. The second-order valence-electron chi connectivity index (χ2n) is 9.37. The van der Waals surface area contributed by atoms with Crippen LogP contribution in [0.5, 0.6) is 0 Å². The molecule has 37 heavy (non-hydrogen) atoms. The van der Waals surface area contributed by atoms with E-state index < -0.39 is 17.9 Å². The smallest absolute Gasteiger partial charge is 0.262 e. The van der Waals surface area contributed by atoms with Crippen LogP contribution in [0, 0.1) is 6.92 Å². The maximum atomic E-state index is 14.0. The third kappa shape index (κ3) is 4.09. The Morgan fingerprint density at radius 3 is 2.68 bits per heavy atom. The van der Waals surface area contributed by atoms with Gasteiger partial charge >= 0.3 is 0 Å². The first-order valence-electron chi connectivity index (χ1n) is 12.0. The molecule has 1 aliphatic rings. The number of benzene rings is 2. The van der Waals surface area contributed by atoms with Crippen LogP contribution in [0.2, 0.25) is 0 Å². The van der Waals surface area contributed by atoms with E-state index in [4.69, 9.17) is 15.8 Å². The highest BCUT2D eigenvalue weighted by molar-refractivity contribution is 6.06. The Kier molecular flexibility index (Phi) is 5.41. The largest absolute Gasteiger partial charge is 0.366 e. The lowest BCUT2D eigenvalue weighted by molar-refractivity contribution is 0.0208. The molecule has 3 aromatic heterocycles. The van der Waals surface area contributed by atoms with Crippen LogP contribution in [0.3, 0.4) is 0 Å². The van der Waals surface area contributed by atoms with Crippen LogP contribution in [0.25, 0.3) is 22.4 Å². The summed E-state index contributed by atoms with van der Waals surface area (Å²) in [5.74, 6) is -2.39. The molecular weight excluding hydrogens is 476 g/mol. The van der Waals surface area contributed by atoms with E-state index in [0.29, 0.717) is 40.5 Å². The summed E-state index contributed by atoms with van der Waals surface area (Å²) in [5, 5.41) is 11.8. The second kappa shape index (κ2) is 8.67. The van der Waals surface area contributed by atoms with Gasteiger partial charge in [-0.05, 0) is 42.8 Å². The van der Waals surface area contributed by atoms with Crippen molar-refractivity contribution in [2.24, 2.45) is 5.73 Å². The van der Waals surface area contributed by atoms with E-state index in [1.165, 1.54) is 0 Å². The number of hydrogen-bond acceptors (Lipinski definition) is 5. The number of primary amides is 1. The number of aryl methyl sites for hydroxylation is 1. The number of halogens is 2. The van der Waals surface area contributed by atoms with E-state index in [0.717, 1.165) is 16.8 Å². The Morgan fingerprint density at radius 1 is 1.14 bits per heavy atom. The molecule has 0 bridgehead atoms. The van der Waals surface area contributed by atoms with Crippen molar-refractivity contribution in [3.05, 3.63) is 89.2 Å². The van der Waals surface area contributed by atoms with Gasteiger partial charge < -0.3 is 16.4 Å². The molecule has 5 aromatic rings. The van der Waals surface area contributed by atoms with Gasteiger partial charge in [-0.1, -0.05) is 36.4 Å². The molecule has 1 amide bonds. The number of alkyl halides is 2. The molecule has 0 saturated carbocycles. The van der Waals surface area contributed by atoms with Gasteiger partial charge in [-0.15, -0.1) is 5.10 Å². The Morgan fingerprint density at radius 2 is 1.95 bits per heavy atom. The van der Waals surface area contributed by atoms with Crippen molar-refractivity contribution >= 4 is 28.1 Å². The first-order valence-corrected chi connectivity index (χ1v) is 12.0. The highest BCUT2D eigenvalue weighted by atomic mass is 19.3. The third-order valence-corrected chi connectivity index (χ3v) is 6.79. The number of rotatable bonds is 6. The molecule has 2 aromatic carbocycles. The quantitative estimate of drug-likeness (QED) is 0.321. The number of anilines is 1. The molecule has 6 rings (SSSR count).